The van der Waals surface area contributed by atoms with E-state index in [-0.39, 0.29) is 5.84 Å². The lowest BCUT2D eigenvalue weighted by Gasteiger charge is -2.08. The Hall–Kier alpha value is -4.04. The van der Waals surface area contributed by atoms with Crippen molar-refractivity contribution in [2.24, 2.45) is 10.9 Å². The first-order valence-corrected chi connectivity index (χ1v) is 14.1. The summed E-state index contributed by atoms with van der Waals surface area (Å²) in [4.78, 5) is 6.03. The molecule has 0 fully saturated rings. The molecule has 0 unspecified atom stereocenters. The Morgan fingerprint density at radius 1 is 0.872 bits per heavy atom. The van der Waals surface area contributed by atoms with Crippen molar-refractivity contribution in [1.82, 2.24) is 4.98 Å². The minimum atomic E-state index is 0.0848. The monoisotopic (exact) mass is 544 g/mol. The van der Waals surface area contributed by atoms with Crippen molar-refractivity contribution in [1.29, 1.82) is 0 Å². The minimum Gasteiger partial charge on any atom is -0.494 e. The van der Waals surface area contributed by atoms with Gasteiger partial charge in [-0.25, -0.2) is 4.98 Å². The standard InChI is InChI=1S/C31H36N4O3S/c1-23-29(34-31(39-23)33-20-8-11-24-9-4-2-5-10-24)25-12-16-27(17-13-25)37-21-6-3-7-22-38-28-18-14-26(15-19-28)30(32)35-36/h2,4-5,9-10,12-19,36H,3,6-8,11,20-22H2,1H3,(H2,32,35)(H,33,34). The maximum atomic E-state index is 8.72. The summed E-state index contributed by atoms with van der Waals surface area (Å²) in [6, 6.07) is 25.9. The van der Waals surface area contributed by atoms with Crippen LogP contribution in [0.3, 0.4) is 0 Å². The van der Waals surface area contributed by atoms with Crippen LogP contribution in [-0.4, -0.2) is 35.8 Å². The lowest BCUT2D eigenvalue weighted by molar-refractivity contribution is 0.279. The van der Waals surface area contributed by atoms with Crippen LogP contribution in [0.15, 0.2) is 84.0 Å². The van der Waals surface area contributed by atoms with Crippen molar-refractivity contribution in [3.63, 3.8) is 0 Å². The van der Waals surface area contributed by atoms with Crippen LogP contribution in [0.4, 0.5) is 5.13 Å². The quantitative estimate of drug-likeness (QED) is 0.0495. The number of ether oxygens (including phenoxy) is 2. The molecular formula is C31H36N4O3S. The smallest absolute Gasteiger partial charge is 0.183 e. The van der Waals surface area contributed by atoms with E-state index in [9.17, 15) is 0 Å². The van der Waals surface area contributed by atoms with Gasteiger partial charge in [0.2, 0.25) is 0 Å². The molecule has 1 heterocycles. The number of nitrogens with two attached hydrogens (primary N) is 1. The van der Waals surface area contributed by atoms with Gasteiger partial charge in [0.25, 0.3) is 0 Å². The number of thiazole rings is 1. The number of nitrogens with one attached hydrogen (secondary N) is 1. The fourth-order valence-corrected chi connectivity index (χ4v) is 4.98. The molecule has 0 bridgehead atoms. The van der Waals surface area contributed by atoms with Crippen LogP contribution in [-0.2, 0) is 6.42 Å². The van der Waals surface area contributed by atoms with Crippen molar-refractivity contribution >= 4 is 22.3 Å². The van der Waals surface area contributed by atoms with E-state index in [1.165, 1.54) is 10.4 Å². The molecule has 0 aliphatic carbocycles. The highest BCUT2D eigenvalue weighted by Crippen LogP contribution is 2.31. The number of hydrogen-bond acceptors (Lipinski definition) is 7. The molecule has 0 saturated carbocycles. The second kappa shape index (κ2) is 14.8. The Labute approximate surface area is 234 Å². The zero-order chi connectivity index (χ0) is 27.3. The van der Waals surface area contributed by atoms with E-state index in [0.717, 1.165) is 66.5 Å². The lowest BCUT2D eigenvalue weighted by Crippen LogP contribution is -2.12. The molecule has 4 aromatic rings. The number of rotatable bonds is 15. The van der Waals surface area contributed by atoms with Gasteiger partial charge in [0.05, 0.1) is 18.9 Å². The maximum absolute atomic E-state index is 8.72. The first kappa shape index (κ1) is 28.0. The molecule has 7 nitrogen and oxygen atoms in total. The highest BCUT2D eigenvalue weighted by atomic mass is 32.1. The molecule has 204 valence electrons. The predicted octanol–water partition coefficient (Wildman–Crippen LogP) is 6.89. The van der Waals surface area contributed by atoms with Gasteiger partial charge >= 0.3 is 0 Å². The highest BCUT2D eigenvalue weighted by molar-refractivity contribution is 7.16. The number of oxime groups is 1. The molecule has 1 aromatic heterocycles. The average molecular weight is 545 g/mol. The summed E-state index contributed by atoms with van der Waals surface area (Å²) in [6.45, 7) is 4.33. The number of nitrogens with zero attached hydrogens (tertiary/aromatic N) is 2. The number of anilines is 1. The summed E-state index contributed by atoms with van der Waals surface area (Å²) in [6.07, 6.45) is 5.05. The van der Waals surface area contributed by atoms with E-state index in [1.807, 2.05) is 24.3 Å². The predicted molar refractivity (Wildman–Crippen MR) is 159 cm³/mol. The minimum absolute atomic E-state index is 0.0848. The molecule has 39 heavy (non-hydrogen) atoms. The molecule has 0 aliphatic heterocycles. The van der Waals surface area contributed by atoms with Gasteiger partial charge in [-0.2, -0.15) is 0 Å². The molecule has 0 spiro atoms. The molecule has 0 amide bonds. The van der Waals surface area contributed by atoms with Crippen molar-refractivity contribution < 1.29 is 14.7 Å². The summed E-state index contributed by atoms with van der Waals surface area (Å²) < 4.78 is 11.7. The Kier molecular flexibility index (Phi) is 10.6. The molecular weight excluding hydrogens is 508 g/mol. The van der Waals surface area contributed by atoms with Gasteiger partial charge in [-0.3, -0.25) is 0 Å². The van der Waals surface area contributed by atoms with Gasteiger partial charge in [-0.1, -0.05) is 35.5 Å². The molecule has 0 atom stereocenters. The van der Waals surface area contributed by atoms with Crippen LogP contribution in [0.2, 0.25) is 0 Å². The second-order valence-corrected chi connectivity index (χ2v) is 10.4. The van der Waals surface area contributed by atoms with E-state index < -0.39 is 0 Å². The zero-order valence-corrected chi connectivity index (χ0v) is 23.1. The molecule has 8 heteroatoms. The number of amidine groups is 1. The topological polar surface area (TPSA) is 102 Å². The van der Waals surface area contributed by atoms with Gasteiger partial charge < -0.3 is 25.7 Å². The van der Waals surface area contributed by atoms with Gasteiger partial charge in [0, 0.05) is 22.5 Å². The van der Waals surface area contributed by atoms with Gasteiger partial charge in [-0.05, 0) is 93.1 Å². The summed E-state index contributed by atoms with van der Waals surface area (Å²) in [5, 5.41) is 16.2. The van der Waals surface area contributed by atoms with Crippen LogP contribution in [0.1, 0.15) is 41.7 Å². The molecule has 4 N–H and O–H groups in total. The SMILES string of the molecule is Cc1sc(NCCCc2ccccc2)nc1-c1ccc(OCCCCCOc2ccc(/C(N)=N/O)cc2)cc1. The van der Waals surface area contributed by atoms with Crippen molar-refractivity contribution in [3.05, 3.63) is 94.9 Å². The average Bonchev–Trinajstić information content (AvgIpc) is 3.35. The molecule has 0 radical (unpaired) electrons. The summed E-state index contributed by atoms with van der Waals surface area (Å²) in [5.74, 6) is 1.72. The zero-order valence-electron chi connectivity index (χ0n) is 22.3. The number of aromatic nitrogens is 1. The largest absolute Gasteiger partial charge is 0.494 e. The first-order chi connectivity index (χ1) is 19.1. The third-order valence-corrected chi connectivity index (χ3v) is 7.20. The normalized spacial score (nSPS) is 11.4. The number of benzene rings is 3. The second-order valence-electron chi connectivity index (χ2n) is 9.23. The summed E-state index contributed by atoms with van der Waals surface area (Å²) >= 11 is 1.70. The third kappa shape index (κ3) is 8.75. The van der Waals surface area contributed by atoms with E-state index >= 15 is 0 Å². The summed E-state index contributed by atoms with van der Waals surface area (Å²) in [5.41, 5.74) is 9.72. The molecule has 3 aromatic carbocycles. The molecule has 0 saturated heterocycles. The van der Waals surface area contributed by atoms with Crippen molar-refractivity contribution in [2.75, 3.05) is 25.1 Å². The fourth-order valence-electron chi connectivity index (χ4n) is 4.12. The van der Waals surface area contributed by atoms with Gasteiger partial charge in [0.1, 0.15) is 11.5 Å². The van der Waals surface area contributed by atoms with Crippen molar-refractivity contribution in [2.45, 2.75) is 39.0 Å². The fraction of sp³-hybridized carbons (Fsp3) is 0.290. The molecule has 4 rings (SSSR count). The maximum Gasteiger partial charge on any atom is 0.183 e. The van der Waals surface area contributed by atoms with Gasteiger partial charge in [-0.15, -0.1) is 11.3 Å². The number of unbranched alkanes of at least 4 members (excludes halogenated alkanes) is 2. The van der Waals surface area contributed by atoms with Crippen LogP contribution in [0, 0.1) is 6.92 Å². The van der Waals surface area contributed by atoms with Crippen molar-refractivity contribution in [3.8, 4) is 22.8 Å². The summed E-state index contributed by atoms with van der Waals surface area (Å²) in [7, 11) is 0. The third-order valence-electron chi connectivity index (χ3n) is 6.27. The van der Waals surface area contributed by atoms with E-state index in [2.05, 4.69) is 59.9 Å². The first-order valence-electron chi connectivity index (χ1n) is 13.3. The lowest BCUT2D eigenvalue weighted by atomic mass is 10.1. The van der Waals surface area contributed by atoms with E-state index in [0.29, 0.717) is 18.8 Å². The Morgan fingerprint density at radius 3 is 2.15 bits per heavy atom. The van der Waals surface area contributed by atoms with Crippen LogP contribution < -0.4 is 20.5 Å². The molecule has 0 aliphatic rings. The van der Waals surface area contributed by atoms with Crippen LogP contribution >= 0.6 is 11.3 Å². The van der Waals surface area contributed by atoms with Crippen LogP contribution in [0.5, 0.6) is 11.5 Å². The Morgan fingerprint density at radius 2 is 1.51 bits per heavy atom. The van der Waals surface area contributed by atoms with Gasteiger partial charge in [0.15, 0.2) is 11.0 Å². The highest BCUT2D eigenvalue weighted by Gasteiger charge is 2.10. The Balaban J connectivity index is 1.12. The Bertz CT molecular complexity index is 1310. The number of aryl methyl sites for hydroxylation is 2. The number of hydrogen-bond donors (Lipinski definition) is 3. The van der Waals surface area contributed by atoms with E-state index in [4.69, 9.17) is 25.4 Å². The van der Waals surface area contributed by atoms with Crippen LogP contribution in [0.25, 0.3) is 11.3 Å². The van der Waals surface area contributed by atoms with E-state index in [1.54, 1.807) is 23.5 Å².